The largest absolute Gasteiger partial charge is 0.463 e. The predicted octanol–water partition coefficient (Wildman–Crippen LogP) is 5.40. The zero-order chi connectivity index (χ0) is 29.4. The number of aromatic nitrogens is 1. The van der Waals surface area contributed by atoms with E-state index in [1.165, 1.54) is 22.0 Å². The second kappa shape index (κ2) is 11.1. The molecule has 1 aliphatic rings. The van der Waals surface area contributed by atoms with Gasteiger partial charge >= 0.3 is 5.97 Å². The molecule has 210 valence electrons. The molecule has 1 aliphatic heterocycles. The molecule has 9 nitrogen and oxygen atoms in total. The highest BCUT2D eigenvalue weighted by Crippen LogP contribution is 2.33. The molecular weight excluding hydrogens is 542 g/mol. The summed E-state index contributed by atoms with van der Waals surface area (Å²) in [6.45, 7) is 9.65. The third kappa shape index (κ3) is 5.30. The molecule has 0 saturated heterocycles. The topological polar surface area (TPSA) is 117 Å². The van der Waals surface area contributed by atoms with Gasteiger partial charge in [0.15, 0.2) is 4.80 Å². The summed E-state index contributed by atoms with van der Waals surface area (Å²) in [4.78, 5) is 43.2. The number of allylic oxidation sites excluding steroid dienone is 1. The third-order valence-electron chi connectivity index (χ3n) is 6.95. The van der Waals surface area contributed by atoms with Gasteiger partial charge < -0.3 is 9.15 Å². The Morgan fingerprint density at radius 2 is 1.90 bits per heavy atom. The summed E-state index contributed by atoms with van der Waals surface area (Å²) in [5.74, 6) is 0.488. The van der Waals surface area contributed by atoms with Crippen LogP contribution < -0.4 is 14.9 Å². The van der Waals surface area contributed by atoms with Crippen molar-refractivity contribution in [3.63, 3.8) is 0 Å². The van der Waals surface area contributed by atoms with Crippen LogP contribution in [0.4, 0.5) is 5.69 Å². The van der Waals surface area contributed by atoms with Gasteiger partial charge in [-0.25, -0.2) is 9.79 Å². The number of carbonyl (C=O) groups is 1. The highest BCUT2D eigenvalue weighted by atomic mass is 32.1. The van der Waals surface area contributed by atoms with E-state index in [1.54, 1.807) is 51.1 Å². The molecule has 3 heterocycles. The van der Waals surface area contributed by atoms with Crippen molar-refractivity contribution in [2.24, 2.45) is 4.99 Å². The van der Waals surface area contributed by atoms with Crippen molar-refractivity contribution >= 4 is 29.1 Å². The highest BCUT2D eigenvalue weighted by molar-refractivity contribution is 7.07. The van der Waals surface area contributed by atoms with Gasteiger partial charge in [-0.1, -0.05) is 55.5 Å². The van der Waals surface area contributed by atoms with Crippen molar-refractivity contribution in [1.29, 1.82) is 0 Å². The lowest BCUT2D eigenvalue weighted by Crippen LogP contribution is -2.39. The van der Waals surface area contributed by atoms with E-state index in [0.717, 1.165) is 16.7 Å². The third-order valence-corrected chi connectivity index (χ3v) is 7.93. The second-order valence-electron chi connectivity index (χ2n) is 10.1. The molecule has 41 heavy (non-hydrogen) atoms. The Labute approximate surface area is 239 Å². The lowest BCUT2D eigenvalue weighted by molar-refractivity contribution is -0.384. The molecule has 2 aromatic carbocycles. The minimum Gasteiger partial charge on any atom is -0.463 e. The number of aryl methyl sites for hydroxylation is 1. The first-order chi connectivity index (χ1) is 19.6. The summed E-state index contributed by atoms with van der Waals surface area (Å²) in [6, 6.07) is 15.4. The molecule has 5 rings (SSSR count). The second-order valence-corrected chi connectivity index (χ2v) is 11.1. The van der Waals surface area contributed by atoms with Crippen LogP contribution in [0, 0.1) is 17.0 Å². The first kappa shape index (κ1) is 28.0. The summed E-state index contributed by atoms with van der Waals surface area (Å²) in [6.07, 6.45) is 1.59. The van der Waals surface area contributed by atoms with Gasteiger partial charge in [0.1, 0.15) is 11.5 Å². The molecule has 0 aliphatic carbocycles. The Kier molecular flexibility index (Phi) is 7.59. The summed E-state index contributed by atoms with van der Waals surface area (Å²) in [5, 5.41) is 11.6. The van der Waals surface area contributed by atoms with E-state index in [4.69, 9.17) is 9.15 Å². The molecule has 0 N–H and O–H groups in total. The fourth-order valence-corrected chi connectivity index (χ4v) is 5.90. The van der Waals surface area contributed by atoms with Gasteiger partial charge in [0, 0.05) is 12.1 Å². The van der Waals surface area contributed by atoms with Crippen molar-refractivity contribution in [2.75, 3.05) is 6.61 Å². The number of nitrogens with zero attached hydrogens (tertiary/aromatic N) is 3. The first-order valence-electron chi connectivity index (χ1n) is 13.2. The van der Waals surface area contributed by atoms with E-state index in [-0.39, 0.29) is 17.9 Å². The average molecular weight is 572 g/mol. The predicted molar refractivity (Wildman–Crippen MR) is 156 cm³/mol. The van der Waals surface area contributed by atoms with Crippen LogP contribution in [0.5, 0.6) is 0 Å². The fraction of sp³-hybridized carbons (Fsp3) is 0.258. The van der Waals surface area contributed by atoms with E-state index in [1.807, 2.05) is 24.3 Å². The van der Waals surface area contributed by atoms with Gasteiger partial charge in [-0.2, -0.15) is 0 Å². The quantitative estimate of drug-likeness (QED) is 0.167. The van der Waals surface area contributed by atoms with Crippen LogP contribution in [0.15, 0.2) is 80.1 Å². The number of ether oxygens (including phenoxy) is 1. The van der Waals surface area contributed by atoms with E-state index in [2.05, 4.69) is 18.8 Å². The molecule has 0 saturated carbocycles. The van der Waals surface area contributed by atoms with Gasteiger partial charge in [-0.3, -0.25) is 19.5 Å². The Morgan fingerprint density at radius 1 is 1.17 bits per heavy atom. The van der Waals surface area contributed by atoms with Crippen molar-refractivity contribution in [1.82, 2.24) is 4.57 Å². The molecule has 0 radical (unpaired) electrons. The van der Waals surface area contributed by atoms with Crippen molar-refractivity contribution < 1.29 is 18.9 Å². The number of rotatable bonds is 7. The lowest BCUT2D eigenvalue weighted by atomic mass is 9.93. The number of hydrogen-bond donors (Lipinski definition) is 0. The van der Waals surface area contributed by atoms with E-state index in [0.29, 0.717) is 43.6 Å². The zero-order valence-electron chi connectivity index (χ0n) is 23.3. The summed E-state index contributed by atoms with van der Waals surface area (Å²) < 4.78 is 13.2. The Hall–Kier alpha value is -4.57. The lowest BCUT2D eigenvalue weighted by Gasteiger charge is -2.25. The van der Waals surface area contributed by atoms with E-state index >= 15 is 0 Å². The van der Waals surface area contributed by atoms with Crippen LogP contribution in [-0.4, -0.2) is 22.1 Å². The van der Waals surface area contributed by atoms with Crippen molar-refractivity contribution in [2.45, 2.75) is 46.6 Å². The smallest absolute Gasteiger partial charge is 0.338 e. The maximum atomic E-state index is 13.8. The summed E-state index contributed by atoms with van der Waals surface area (Å²) in [7, 11) is 0. The maximum absolute atomic E-state index is 13.8. The molecule has 0 spiro atoms. The van der Waals surface area contributed by atoms with Crippen LogP contribution >= 0.6 is 11.3 Å². The first-order valence-corrected chi connectivity index (χ1v) is 14.1. The number of esters is 1. The average Bonchev–Trinajstić information content (AvgIpc) is 3.52. The number of fused-ring (bicyclic) bond motifs is 1. The van der Waals surface area contributed by atoms with E-state index < -0.39 is 16.9 Å². The number of hydrogen-bond acceptors (Lipinski definition) is 8. The Balaban J connectivity index is 1.63. The van der Waals surface area contributed by atoms with Gasteiger partial charge in [-0.05, 0) is 61.6 Å². The minimum atomic E-state index is -0.712. The molecule has 0 unspecified atom stereocenters. The van der Waals surface area contributed by atoms with Gasteiger partial charge in [0.25, 0.3) is 11.2 Å². The summed E-state index contributed by atoms with van der Waals surface area (Å²) in [5.41, 5.74) is 3.43. The SMILES string of the molecule is CCOC(=O)C1=C(C)N=c2s/c(=C\c3ccc(-c4ccc(C)cc4[N+](=O)[O-])o3)c(=O)n2[C@@H]1c1ccc(C(C)C)cc1. The zero-order valence-corrected chi connectivity index (χ0v) is 24.2. The van der Waals surface area contributed by atoms with Crippen LogP contribution in [-0.2, 0) is 9.53 Å². The number of nitro groups is 1. The number of thiazole rings is 1. The van der Waals surface area contributed by atoms with Crippen LogP contribution in [0.3, 0.4) is 0 Å². The van der Waals surface area contributed by atoms with E-state index in [9.17, 15) is 19.7 Å². The van der Waals surface area contributed by atoms with Crippen molar-refractivity contribution in [3.05, 3.63) is 118 Å². The Morgan fingerprint density at radius 3 is 2.56 bits per heavy atom. The number of benzene rings is 2. The Bertz CT molecular complexity index is 1880. The summed E-state index contributed by atoms with van der Waals surface area (Å²) >= 11 is 1.18. The highest BCUT2D eigenvalue weighted by Gasteiger charge is 2.33. The number of furan rings is 1. The van der Waals surface area contributed by atoms with Gasteiger partial charge in [0.2, 0.25) is 0 Å². The molecule has 4 aromatic rings. The molecule has 0 fully saturated rings. The van der Waals surface area contributed by atoms with Crippen LogP contribution in [0.1, 0.15) is 62.1 Å². The monoisotopic (exact) mass is 571 g/mol. The normalized spacial score (nSPS) is 15.2. The molecule has 1 atom stereocenters. The van der Waals surface area contributed by atoms with Gasteiger partial charge in [-0.15, -0.1) is 0 Å². The number of carbonyl (C=O) groups excluding carboxylic acids is 1. The molecule has 0 bridgehead atoms. The molecular formula is C31H29N3O6S. The standard InChI is InChI=1S/C31H29N3O6S/c1-6-39-30(36)27-19(5)32-31-33(28(27)21-10-8-20(9-11-21)17(2)3)29(35)26(41-31)16-22-12-14-25(40-22)23-13-7-18(4)15-24(23)34(37)38/h7-17,28H,6H2,1-5H3/b26-16-/t28-/m1/s1. The minimum absolute atomic E-state index is 0.0595. The van der Waals surface area contributed by atoms with Crippen LogP contribution in [0.25, 0.3) is 17.4 Å². The number of nitro benzene ring substituents is 1. The molecule has 10 heteroatoms. The van der Waals surface area contributed by atoms with Crippen molar-refractivity contribution in [3.8, 4) is 11.3 Å². The van der Waals surface area contributed by atoms with Crippen LogP contribution in [0.2, 0.25) is 0 Å². The van der Waals surface area contributed by atoms with Gasteiger partial charge in [0.05, 0.1) is 38.9 Å². The fourth-order valence-electron chi connectivity index (χ4n) is 4.88. The maximum Gasteiger partial charge on any atom is 0.338 e. The molecule has 2 aromatic heterocycles. The molecule has 0 amide bonds.